The SMILES string of the molecule is Cc1cc(CNc2ccc(Cl)cc2N)on1. The van der Waals surface area contributed by atoms with Crippen LogP contribution in [0, 0.1) is 6.92 Å². The molecule has 0 bridgehead atoms. The van der Waals surface area contributed by atoms with E-state index in [9.17, 15) is 0 Å². The second-order valence-corrected chi connectivity index (χ2v) is 3.96. The summed E-state index contributed by atoms with van der Waals surface area (Å²) in [5.41, 5.74) is 8.11. The summed E-state index contributed by atoms with van der Waals surface area (Å²) < 4.78 is 5.07. The van der Waals surface area contributed by atoms with E-state index in [4.69, 9.17) is 21.9 Å². The Labute approximate surface area is 98.4 Å². The molecule has 0 spiro atoms. The molecule has 0 fully saturated rings. The highest BCUT2D eigenvalue weighted by Gasteiger charge is 2.03. The zero-order valence-corrected chi connectivity index (χ0v) is 9.58. The van der Waals surface area contributed by atoms with Crippen molar-refractivity contribution in [2.24, 2.45) is 0 Å². The highest BCUT2D eigenvalue weighted by Crippen LogP contribution is 2.23. The molecule has 84 valence electrons. The van der Waals surface area contributed by atoms with Crippen molar-refractivity contribution in [1.29, 1.82) is 0 Å². The molecular formula is C11H12ClN3O. The minimum atomic E-state index is 0.548. The van der Waals surface area contributed by atoms with E-state index in [0.29, 0.717) is 17.3 Å². The molecule has 1 aromatic carbocycles. The van der Waals surface area contributed by atoms with Gasteiger partial charge in [-0.15, -0.1) is 0 Å². The normalized spacial score (nSPS) is 10.4. The van der Waals surface area contributed by atoms with Crippen LogP contribution in [0.25, 0.3) is 0 Å². The zero-order chi connectivity index (χ0) is 11.5. The molecule has 5 heteroatoms. The molecule has 16 heavy (non-hydrogen) atoms. The zero-order valence-electron chi connectivity index (χ0n) is 8.83. The van der Waals surface area contributed by atoms with Crippen molar-refractivity contribution in [2.75, 3.05) is 11.1 Å². The summed E-state index contributed by atoms with van der Waals surface area (Å²) in [5, 5.41) is 7.57. The van der Waals surface area contributed by atoms with Gasteiger partial charge in [0.05, 0.1) is 23.6 Å². The summed E-state index contributed by atoms with van der Waals surface area (Å²) >= 11 is 5.80. The van der Waals surface area contributed by atoms with Crippen molar-refractivity contribution in [2.45, 2.75) is 13.5 Å². The van der Waals surface area contributed by atoms with Gasteiger partial charge in [0.2, 0.25) is 0 Å². The molecule has 2 aromatic rings. The van der Waals surface area contributed by atoms with E-state index in [-0.39, 0.29) is 0 Å². The van der Waals surface area contributed by atoms with E-state index in [1.807, 2.05) is 19.1 Å². The predicted octanol–water partition coefficient (Wildman–Crippen LogP) is 2.83. The number of hydrogen-bond donors (Lipinski definition) is 2. The van der Waals surface area contributed by atoms with E-state index in [1.165, 1.54) is 0 Å². The van der Waals surface area contributed by atoms with Crippen LogP contribution in [0.2, 0.25) is 5.02 Å². The van der Waals surface area contributed by atoms with Gasteiger partial charge >= 0.3 is 0 Å². The Hall–Kier alpha value is -1.68. The molecule has 0 unspecified atom stereocenters. The molecule has 0 atom stereocenters. The molecule has 1 aromatic heterocycles. The molecule has 3 N–H and O–H groups in total. The van der Waals surface area contributed by atoms with Crippen LogP contribution in [0.4, 0.5) is 11.4 Å². The monoisotopic (exact) mass is 237 g/mol. The lowest BCUT2D eigenvalue weighted by Crippen LogP contribution is -2.01. The Bertz CT molecular complexity index is 496. The third-order valence-electron chi connectivity index (χ3n) is 2.14. The maximum atomic E-state index is 5.80. The summed E-state index contributed by atoms with van der Waals surface area (Å²) in [5.74, 6) is 0.770. The number of hydrogen-bond acceptors (Lipinski definition) is 4. The van der Waals surface area contributed by atoms with Gasteiger partial charge in [-0.3, -0.25) is 0 Å². The number of aromatic nitrogens is 1. The fourth-order valence-corrected chi connectivity index (χ4v) is 1.56. The lowest BCUT2D eigenvalue weighted by Gasteiger charge is -2.07. The average molecular weight is 238 g/mol. The maximum absolute atomic E-state index is 5.80. The second-order valence-electron chi connectivity index (χ2n) is 3.52. The van der Waals surface area contributed by atoms with E-state index in [0.717, 1.165) is 17.1 Å². The van der Waals surface area contributed by atoms with E-state index in [2.05, 4.69) is 10.5 Å². The Morgan fingerprint density at radius 2 is 2.25 bits per heavy atom. The fraction of sp³-hybridized carbons (Fsp3) is 0.182. The largest absolute Gasteiger partial charge is 0.397 e. The minimum absolute atomic E-state index is 0.548. The first kappa shape index (κ1) is 10.8. The summed E-state index contributed by atoms with van der Waals surface area (Å²) in [6.45, 7) is 2.43. The van der Waals surface area contributed by atoms with Crippen molar-refractivity contribution >= 4 is 23.0 Å². The van der Waals surface area contributed by atoms with Crippen LogP contribution >= 0.6 is 11.6 Å². The van der Waals surface area contributed by atoms with Gasteiger partial charge in [0.1, 0.15) is 0 Å². The number of nitrogen functional groups attached to an aromatic ring is 1. The van der Waals surface area contributed by atoms with Crippen molar-refractivity contribution in [3.8, 4) is 0 Å². The number of halogens is 1. The van der Waals surface area contributed by atoms with Gasteiger partial charge in [-0.1, -0.05) is 16.8 Å². The van der Waals surface area contributed by atoms with Gasteiger partial charge in [0, 0.05) is 11.1 Å². The van der Waals surface area contributed by atoms with Gasteiger partial charge in [0.25, 0.3) is 0 Å². The summed E-state index contributed by atoms with van der Waals surface area (Å²) in [6.07, 6.45) is 0. The first-order valence-electron chi connectivity index (χ1n) is 4.86. The van der Waals surface area contributed by atoms with E-state index >= 15 is 0 Å². The molecule has 0 radical (unpaired) electrons. The number of nitrogens with one attached hydrogen (secondary N) is 1. The van der Waals surface area contributed by atoms with E-state index in [1.54, 1.807) is 12.1 Å². The second kappa shape index (κ2) is 4.45. The van der Waals surface area contributed by atoms with Gasteiger partial charge in [-0.25, -0.2) is 0 Å². The van der Waals surface area contributed by atoms with Crippen LogP contribution in [-0.2, 0) is 6.54 Å². The third-order valence-corrected chi connectivity index (χ3v) is 2.38. The molecule has 0 saturated heterocycles. The predicted molar refractivity (Wildman–Crippen MR) is 64.4 cm³/mol. The Balaban J connectivity index is 2.04. The molecular weight excluding hydrogens is 226 g/mol. The lowest BCUT2D eigenvalue weighted by molar-refractivity contribution is 0.384. The summed E-state index contributed by atoms with van der Waals surface area (Å²) in [7, 11) is 0. The Morgan fingerprint density at radius 3 is 2.88 bits per heavy atom. The third kappa shape index (κ3) is 2.46. The Kier molecular flexibility index (Phi) is 3.01. The average Bonchev–Trinajstić information content (AvgIpc) is 2.63. The maximum Gasteiger partial charge on any atom is 0.156 e. The van der Waals surface area contributed by atoms with Crippen molar-refractivity contribution in [3.63, 3.8) is 0 Å². The van der Waals surface area contributed by atoms with Crippen molar-refractivity contribution in [3.05, 3.63) is 40.7 Å². The van der Waals surface area contributed by atoms with Crippen LogP contribution in [-0.4, -0.2) is 5.16 Å². The van der Waals surface area contributed by atoms with Crippen LogP contribution in [0.3, 0.4) is 0 Å². The number of nitrogens with two attached hydrogens (primary N) is 1. The molecule has 0 aliphatic rings. The first-order valence-corrected chi connectivity index (χ1v) is 5.24. The molecule has 0 saturated carbocycles. The molecule has 0 aliphatic carbocycles. The lowest BCUT2D eigenvalue weighted by atomic mass is 10.2. The molecule has 1 heterocycles. The number of aryl methyl sites for hydroxylation is 1. The summed E-state index contributed by atoms with van der Waals surface area (Å²) in [6, 6.07) is 7.20. The summed E-state index contributed by atoms with van der Waals surface area (Å²) in [4.78, 5) is 0. The highest BCUT2D eigenvalue weighted by molar-refractivity contribution is 6.31. The van der Waals surface area contributed by atoms with Gasteiger partial charge < -0.3 is 15.6 Å². The van der Waals surface area contributed by atoms with Gasteiger partial charge in [-0.05, 0) is 25.1 Å². The quantitative estimate of drug-likeness (QED) is 0.806. The molecule has 2 rings (SSSR count). The molecule has 0 amide bonds. The topological polar surface area (TPSA) is 64.1 Å². The highest BCUT2D eigenvalue weighted by atomic mass is 35.5. The van der Waals surface area contributed by atoms with Crippen LogP contribution in [0.15, 0.2) is 28.8 Å². The van der Waals surface area contributed by atoms with Crippen LogP contribution in [0.1, 0.15) is 11.5 Å². The van der Waals surface area contributed by atoms with Crippen LogP contribution < -0.4 is 11.1 Å². The van der Waals surface area contributed by atoms with E-state index < -0.39 is 0 Å². The number of rotatable bonds is 3. The Morgan fingerprint density at radius 1 is 1.44 bits per heavy atom. The van der Waals surface area contributed by atoms with Gasteiger partial charge in [-0.2, -0.15) is 0 Å². The minimum Gasteiger partial charge on any atom is -0.397 e. The van der Waals surface area contributed by atoms with Crippen molar-refractivity contribution < 1.29 is 4.52 Å². The number of anilines is 2. The number of nitrogens with zero attached hydrogens (tertiary/aromatic N) is 1. The van der Waals surface area contributed by atoms with Gasteiger partial charge in [0.15, 0.2) is 5.76 Å². The molecule has 4 nitrogen and oxygen atoms in total. The van der Waals surface area contributed by atoms with Crippen LogP contribution in [0.5, 0.6) is 0 Å². The smallest absolute Gasteiger partial charge is 0.156 e. The first-order chi connectivity index (χ1) is 7.65. The van der Waals surface area contributed by atoms with Crippen molar-refractivity contribution in [1.82, 2.24) is 5.16 Å². The number of benzene rings is 1. The fourth-order valence-electron chi connectivity index (χ4n) is 1.38. The standard InChI is InChI=1S/C11H12ClN3O/c1-7-4-9(16-15-7)6-14-11-3-2-8(12)5-10(11)13/h2-5,14H,6,13H2,1H3. The molecule has 0 aliphatic heterocycles.